The van der Waals surface area contributed by atoms with Crippen LogP contribution in [0.2, 0.25) is 0 Å². The smallest absolute Gasteiger partial charge is 0.342 e. The normalized spacial score (nSPS) is 10.6. The van der Waals surface area contributed by atoms with Crippen molar-refractivity contribution in [2.45, 2.75) is 6.92 Å². The van der Waals surface area contributed by atoms with Crippen LogP contribution in [-0.2, 0) is 9.53 Å². The highest BCUT2D eigenvalue weighted by molar-refractivity contribution is 7.22. The fourth-order valence-corrected chi connectivity index (χ4v) is 3.18. The lowest BCUT2D eigenvalue weighted by molar-refractivity contribution is -0.119. The molecule has 2 aromatic carbocycles. The van der Waals surface area contributed by atoms with Crippen LogP contribution in [0.15, 0.2) is 36.4 Å². The molecule has 1 amide bonds. The number of phenolic OH excluding ortho intramolecular Hbond substituents is 2. The first-order chi connectivity index (χ1) is 13.0. The monoisotopic (exact) mass is 388 g/mol. The predicted octanol–water partition coefficient (Wildman–Crippen LogP) is 2.90. The van der Waals surface area contributed by atoms with Crippen molar-refractivity contribution in [3.8, 4) is 17.2 Å². The summed E-state index contributed by atoms with van der Waals surface area (Å²) < 4.78 is 11.1. The van der Waals surface area contributed by atoms with Crippen LogP contribution in [0, 0.1) is 0 Å². The van der Waals surface area contributed by atoms with Crippen LogP contribution < -0.4 is 10.1 Å². The Bertz CT molecular complexity index is 1000. The molecule has 8 nitrogen and oxygen atoms in total. The number of hydrogen-bond acceptors (Lipinski definition) is 8. The molecule has 9 heteroatoms. The molecule has 0 fully saturated rings. The van der Waals surface area contributed by atoms with E-state index in [0.717, 1.165) is 10.8 Å². The van der Waals surface area contributed by atoms with Crippen LogP contribution in [0.25, 0.3) is 10.2 Å². The molecular formula is C18H16N2O6S. The molecule has 1 heterocycles. The first kappa shape index (κ1) is 18.5. The first-order valence-corrected chi connectivity index (χ1v) is 8.80. The Morgan fingerprint density at radius 2 is 2.00 bits per heavy atom. The van der Waals surface area contributed by atoms with E-state index in [2.05, 4.69) is 10.3 Å². The minimum atomic E-state index is -0.881. The van der Waals surface area contributed by atoms with Crippen molar-refractivity contribution in [1.82, 2.24) is 4.98 Å². The van der Waals surface area contributed by atoms with Crippen molar-refractivity contribution in [3.63, 3.8) is 0 Å². The van der Waals surface area contributed by atoms with Crippen LogP contribution in [0.4, 0.5) is 5.13 Å². The molecule has 0 bridgehead atoms. The average molecular weight is 388 g/mol. The number of esters is 1. The molecule has 1 aromatic heterocycles. The van der Waals surface area contributed by atoms with E-state index < -0.39 is 24.2 Å². The Balaban J connectivity index is 1.60. The number of benzene rings is 2. The molecule has 0 unspecified atom stereocenters. The highest BCUT2D eigenvalue weighted by Gasteiger charge is 2.16. The van der Waals surface area contributed by atoms with Crippen molar-refractivity contribution in [2.75, 3.05) is 18.5 Å². The summed E-state index contributed by atoms with van der Waals surface area (Å²) in [7, 11) is 0. The summed E-state index contributed by atoms with van der Waals surface area (Å²) in [6.45, 7) is 1.90. The number of hydrogen-bond donors (Lipinski definition) is 3. The maximum absolute atomic E-state index is 12.0. The van der Waals surface area contributed by atoms with Gasteiger partial charge in [-0.05, 0) is 37.3 Å². The van der Waals surface area contributed by atoms with E-state index in [1.807, 2.05) is 13.0 Å². The van der Waals surface area contributed by atoms with Gasteiger partial charge in [0.2, 0.25) is 0 Å². The molecule has 0 saturated heterocycles. The third kappa shape index (κ3) is 4.45. The van der Waals surface area contributed by atoms with E-state index in [4.69, 9.17) is 9.47 Å². The van der Waals surface area contributed by atoms with Crippen LogP contribution in [-0.4, -0.2) is 40.3 Å². The zero-order valence-electron chi connectivity index (χ0n) is 14.3. The van der Waals surface area contributed by atoms with E-state index in [1.165, 1.54) is 23.5 Å². The number of ether oxygens (including phenoxy) is 2. The number of thiazole rings is 1. The van der Waals surface area contributed by atoms with Crippen molar-refractivity contribution in [3.05, 3.63) is 42.0 Å². The molecule has 0 aliphatic carbocycles. The summed E-state index contributed by atoms with van der Waals surface area (Å²) in [5, 5.41) is 21.8. The maximum atomic E-state index is 12.0. The first-order valence-electron chi connectivity index (χ1n) is 7.98. The van der Waals surface area contributed by atoms with Crippen molar-refractivity contribution in [1.29, 1.82) is 0 Å². The number of amides is 1. The number of anilines is 1. The number of fused-ring (bicyclic) bond motifs is 1. The molecule has 0 aliphatic heterocycles. The second-order valence-electron chi connectivity index (χ2n) is 5.41. The van der Waals surface area contributed by atoms with Gasteiger partial charge in [0.15, 0.2) is 11.7 Å². The fraction of sp³-hybridized carbons (Fsp3) is 0.167. The topological polar surface area (TPSA) is 118 Å². The molecule has 3 rings (SSSR count). The lowest BCUT2D eigenvalue weighted by atomic mass is 10.2. The SMILES string of the molecule is CCOc1ccc2nc(NC(=O)COC(=O)c3ccc(O)cc3O)sc2c1. The largest absolute Gasteiger partial charge is 0.508 e. The van der Waals surface area contributed by atoms with E-state index in [-0.39, 0.29) is 11.3 Å². The highest BCUT2D eigenvalue weighted by atomic mass is 32.1. The van der Waals surface area contributed by atoms with Gasteiger partial charge in [-0.25, -0.2) is 9.78 Å². The van der Waals surface area contributed by atoms with E-state index in [9.17, 15) is 19.8 Å². The van der Waals surface area contributed by atoms with Gasteiger partial charge < -0.3 is 19.7 Å². The van der Waals surface area contributed by atoms with Gasteiger partial charge in [0.1, 0.15) is 22.8 Å². The molecule has 0 saturated carbocycles. The standard InChI is InChI=1S/C18H16N2O6S/c1-2-25-11-4-6-13-15(8-11)27-18(19-13)20-16(23)9-26-17(24)12-5-3-10(21)7-14(12)22/h3-8,21-22H,2,9H2,1H3,(H,19,20,23). The summed E-state index contributed by atoms with van der Waals surface area (Å²) >= 11 is 1.27. The molecule has 27 heavy (non-hydrogen) atoms. The number of aromatic nitrogens is 1. The summed E-state index contributed by atoms with van der Waals surface area (Å²) in [5.74, 6) is -1.35. The van der Waals surface area contributed by atoms with Gasteiger partial charge in [-0.3, -0.25) is 10.1 Å². The summed E-state index contributed by atoms with van der Waals surface area (Å²) in [4.78, 5) is 28.2. The second-order valence-corrected chi connectivity index (χ2v) is 6.44. The van der Waals surface area contributed by atoms with Gasteiger partial charge >= 0.3 is 5.97 Å². The minimum absolute atomic E-state index is 0.149. The van der Waals surface area contributed by atoms with Gasteiger partial charge in [0, 0.05) is 6.07 Å². The Labute approximate surface area is 158 Å². The molecule has 0 atom stereocenters. The van der Waals surface area contributed by atoms with Crippen LogP contribution in [0.5, 0.6) is 17.2 Å². The number of nitrogens with zero attached hydrogens (tertiary/aromatic N) is 1. The van der Waals surface area contributed by atoms with Gasteiger partial charge in [-0.2, -0.15) is 0 Å². The van der Waals surface area contributed by atoms with E-state index in [0.29, 0.717) is 23.0 Å². The second kappa shape index (κ2) is 7.92. The number of carbonyl (C=O) groups excluding carboxylic acids is 2. The molecular weight excluding hydrogens is 372 g/mol. The quantitative estimate of drug-likeness (QED) is 0.556. The summed E-state index contributed by atoms with van der Waals surface area (Å²) in [5.41, 5.74) is 0.564. The molecule has 140 valence electrons. The Morgan fingerprint density at radius 3 is 2.74 bits per heavy atom. The van der Waals surface area contributed by atoms with Crippen LogP contribution in [0.3, 0.4) is 0 Å². The highest BCUT2D eigenvalue weighted by Crippen LogP contribution is 2.29. The Morgan fingerprint density at radius 1 is 1.19 bits per heavy atom. The van der Waals surface area contributed by atoms with Gasteiger partial charge in [-0.1, -0.05) is 11.3 Å². The van der Waals surface area contributed by atoms with E-state index in [1.54, 1.807) is 12.1 Å². The van der Waals surface area contributed by atoms with Crippen LogP contribution in [0.1, 0.15) is 17.3 Å². The van der Waals surface area contributed by atoms with Crippen molar-refractivity contribution in [2.24, 2.45) is 0 Å². The zero-order chi connectivity index (χ0) is 19.4. The summed E-state index contributed by atoms with van der Waals surface area (Å²) in [6.07, 6.45) is 0. The zero-order valence-corrected chi connectivity index (χ0v) is 15.1. The molecule has 0 radical (unpaired) electrons. The molecule has 0 spiro atoms. The van der Waals surface area contributed by atoms with Crippen molar-refractivity contribution < 1.29 is 29.3 Å². The maximum Gasteiger partial charge on any atom is 0.342 e. The van der Waals surface area contributed by atoms with Crippen LogP contribution >= 0.6 is 11.3 Å². The molecule has 0 aliphatic rings. The number of phenols is 2. The van der Waals surface area contributed by atoms with Gasteiger partial charge in [0.05, 0.1) is 16.8 Å². The fourth-order valence-electron chi connectivity index (χ4n) is 2.27. The third-order valence-corrected chi connectivity index (χ3v) is 4.39. The average Bonchev–Trinajstić information content (AvgIpc) is 3.01. The minimum Gasteiger partial charge on any atom is -0.508 e. The molecule has 3 aromatic rings. The Kier molecular flexibility index (Phi) is 5.41. The molecule has 3 N–H and O–H groups in total. The lowest BCUT2D eigenvalue weighted by Crippen LogP contribution is -2.20. The Hall–Kier alpha value is -3.33. The number of rotatable bonds is 6. The van der Waals surface area contributed by atoms with Gasteiger partial charge in [0.25, 0.3) is 5.91 Å². The third-order valence-electron chi connectivity index (χ3n) is 3.45. The van der Waals surface area contributed by atoms with E-state index >= 15 is 0 Å². The number of carbonyl (C=O) groups is 2. The number of nitrogens with one attached hydrogen (secondary N) is 1. The van der Waals surface area contributed by atoms with Gasteiger partial charge in [-0.15, -0.1) is 0 Å². The lowest BCUT2D eigenvalue weighted by Gasteiger charge is -2.06. The van der Waals surface area contributed by atoms with Crippen molar-refractivity contribution >= 4 is 38.6 Å². The number of aromatic hydroxyl groups is 2. The predicted molar refractivity (Wildman–Crippen MR) is 99.5 cm³/mol. The summed E-state index contributed by atoms with van der Waals surface area (Å²) in [6, 6.07) is 8.86.